The average Bonchev–Trinajstić information content (AvgIpc) is 3.05. The maximum absolute atomic E-state index is 6.09. The van der Waals surface area contributed by atoms with Crippen molar-refractivity contribution >= 4 is 33.1 Å². The Morgan fingerprint density at radius 2 is 1.81 bits per heavy atom. The van der Waals surface area contributed by atoms with Crippen molar-refractivity contribution in [1.29, 1.82) is 0 Å². The lowest BCUT2D eigenvalue weighted by molar-refractivity contribution is 0.184. The number of H-pyrrole nitrogens is 1. The van der Waals surface area contributed by atoms with Gasteiger partial charge in [-0.1, -0.05) is 30.7 Å². The summed E-state index contributed by atoms with van der Waals surface area (Å²) < 4.78 is 6.09. The van der Waals surface area contributed by atoms with Gasteiger partial charge in [-0.15, -0.1) is 0 Å². The van der Waals surface area contributed by atoms with E-state index in [-0.39, 0.29) is 0 Å². The van der Waals surface area contributed by atoms with Gasteiger partial charge in [-0.3, -0.25) is 4.90 Å². The standard InChI is InChI=1S/C21H22N4O/c1-4-11-25(12-5-1)13-14-26-18-10-6-9-17-20(18)24-21-19(22-17)15-7-2-3-8-16(15)23-21/h2-3,6-10H,1,4-5,11-14H2,(H,23,24). The highest BCUT2D eigenvalue weighted by atomic mass is 16.5. The third kappa shape index (κ3) is 2.78. The van der Waals surface area contributed by atoms with Crippen LogP contribution in [0.4, 0.5) is 0 Å². The summed E-state index contributed by atoms with van der Waals surface area (Å²) in [4.78, 5) is 15.5. The summed E-state index contributed by atoms with van der Waals surface area (Å²) in [7, 11) is 0. The molecular weight excluding hydrogens is 324 g/mol. The molecule has 5 heteroatoms. The molecule has 132 valence electrons. The number of benzene rings is 2. The van der Waals surface area contributed by atoms with Gasteiger partial charge in [0, 0.05) is 17.4 Å². The van der Waals surface area contributed by atoms with Crippen LogP contribution in [0.1, 0.15) is 19.3 Å². The predicted molar refractivity (Wildman–Crippen MR) is 105 cm³/mol. The summed E-state index contributed by atoms with van der Waals surface area (Å²) in [5.41, 5.74) is 4.48. The van der Waals surface area contributed by atoms with E-state index in [1.54, 1.807) is 0 Å². The maximum Gasteiger partial charge on any atom is 0.158 e. The minimum atomic E-state index is 0.686. The number of hydrogen-bond donors (Lipinski definition) is 1. The fourth-order valence-electron chi connectivity index (χ4n) is 3.84. The number of piperidine rings is 1. The van der Waals surface area contributed by atoms with Gasteiger partial charge in [0.2, 0.25) is 0 Å². The average molecular weight is 346 g/mol. The van der Waals surface area contributed by atoms with E-state index in [9.17, 15) is 0 Å². The molecule has 5 nitrogen and oxygen atoms in total. The number of likely N-dealkylation sites (tertiary alicyclic amines) is 1. The van der Waals surface area contributed by atoms with Crippen molar-refractivity contribution in [2.24, 2.45) is 0 Å². The molecule has 1 aliphatic rings. The van der Waals surface area contributed by atoms with Gasteiger partial charge in [-0.2, -0.15) is 0 Å². The number of para-hydroxylation sites is 2. The van der Waals surface area contributed by atoms with Gasteiger partial charge in [0.1, 0.15) is 23.4 Å². The molecule has 0 atom stereocenters. The van der Waals surface area contributed by atoms with Crippen LogP contribution in [-0.4, -0.2) is 46.1 Å². The number of aromatic amines is 1. The van der Waals surface area contributed by atoms with E-state index in [1.165, 1.54) is 32.4 Å². The Bertz CT molecular complexity index is 1070. The van der Waals surface area contributed by atoms with Crippen LogP contribution in [0.5, 0.6) is 5.75 Å². The lowest BCUT2D eigenvalue weighted by Gasteiger charge is -2.26. The van der Waals surface area contributed by atoms with E-state index < -0.39 is 0 Å². The molecule has 0 spiro atoms. The van der Waals surface area contributed by atoms with E-state index in [2.05, 4.69) is 22.0 Å². The Morgan fingerprint density at radius 3 is 2.73 bits per heavy atom. The summed E-state index contributed by atoms with van der Waals surface area (Å²) in [6.07, 6.45) is 3.97. The van der Waals surface area contributed by atoms with E-state index in [4.69, 9.17) is 14.7 Å². The Labute approximate surface area is 152 Å². The lowest BCUT2D eigenvalue weighted by Crippen LogP contribution is -2.33. The van der Waals surface area contributed by atoms with Gasteiger partial charge >= 0.3 is 0 Å². The molecule has 1 saturated heterocycles. The summed E-state index contributed by atoms with van der Waals surface area (Å²) in [5.74, 6) is 0.813. The molecule has 0 radical (unpaired) electrons. The van der Waals surface area contributed by atoms with Crippen molar-refractivity contribution in [2.45, 2.75) is 19.3 Å². The smallest absolute Gasteiger partial charge is 0.158 e. The highest BCUT2D eigenvalue weighted by molar-refractivity contribution is 6.05. The number of nitrogens with zero attached hydrogens (tertiary/aromatic N) is 3. The normalized spacial score (nSPS) is 15.8. The summed E-state index contributed by atoms with van der Waals surface area (Å²) >= 11 is 0. The Hall–Kier alpha value is -2.66. The SMILES string of the molecule is c1cc(OCCN2CCCCC2)c2nc3[nH]c4ccccc4c3nc2c1. The van der Waals surface area contributed by atoms with Crippen LogP contribution in [0.2, 0.25) is 0 Å². The summed E-state index contributed by atoms with van der Waals surface area (Å²) in [5, 5.41) is 1.10. The van der Waals surface area contributed by atoms with Crippen molar-refractivity contribution in [3.8, 4) is 5.75 Å². The molecule has 1 aliphatic heterocycles. The van der Waals surface area contributed by atoms with Gasteiger partial charge in [0.25, 0.3) is 0 Å². The van der Waals surface area contributed by atoms with Crippen molar-refractivity contribution in [1.82, 2.24) is 19.9 Å². The molecule has 1 N–H and O–H groups in total. The van der Waals surface area contributed by atoms with E-state index >= 15 is 0 Å². The number of ether oxygens (including phenoxy) is 1. The first-order chi connectivity index (χ1) is 12.9. The van der Waals surface area contributed by atoms with Crippen LogP contribution in [0.3, 0.4) is 0 Å². The van der Waals surface area contributed by atoms with Gasteiger partial charge in [-0.05, 0) is 44.1 Å². The molecular formula is C21H22N4O. The number of nitrogens with one attached hydrogen (secondary N) is 1. The fraction of sp³-hybridized carbons (Fsp3) is 0.333. The number of fused-ring (bicyclic) bond motifs is 4. The molecule has 5 rings (SSSR count). The van der Waals surface area contributed by atoms with Crippen LogP contribution >= 0.6 is 0 Å². The Morgan fingerprint density at radius 1 is 0.923 bits per heavy atom. The maximum atomic E-state index is 6.09. The van der Waals surface area contributed by atoms with E-state index in [0.29, 0.717) is 6.61 Å². The number of aromatic nitrogens is 3. The first-order valence-corrected chi connectivity index (χ1v) is 9.41. The second-order valence-corrected chi connectivity index (χ2v) is 6.97. The van der Waals surface area contributed by atoms with Crippen molar-refractivity contribution in [3.05, 3.63) is 42.5 Å². The van der Waals surface area contributed by atoms with E-state index in [0.717, 1.165) is 45.4 Å². The predicted octanol–water partition coefficient (Wildman–Crippen LogP) is 4.13. The van der Waals surface area contributed by atoms with Crippen molar-refractivity contribution in [3.63, 3.8) is 0 Å². The highest BCUT2D eigenvalue weighted by Crippen LogP contribution is 2.28. The van der Waals surface area contributed by atoms with Gasteiger partial charge in [0.15, 0.2) is 5.65 Å². The minimum absolute atomic E-state index is 0.686. The van der Waals surface area contributed by atoms with Gasteiger partial charge in [-0.25, -0.2) is 9.97 Å². The second-order valence-electron chi connectivity index (χ2n) is 6.97. The van der Waals surface area contributed by atoms with E-state index in [1.807, 2.05) is 30.3 Å². The third-order valence-corrected chi connectivity index (χ3v) is 5.21. The van der Waals surface area contributed by atoms with Crippen LogP contribution in [-0.2, 0) is 0 Å². The molecule has 0 bridgehead atoms. The van der Waals surface area contributed by atoms with Crippen molar-refractivity contribution in [2.75, 3.05) is 26.2 Å². The fourth-order valence-corrected chi connectivity index (χ4v) is 3.84. The Kier molecular flexibility index (Phi) is 3.94. The quantitative estimate of drug-likeness (QED) is 0.604. The summed E-state index contributed by atoms with van der Waals surface area (Å²) in [6.45, 7) is 4.03. The molecule has 2 aromatic carbocycles. The Balaban J connectivity index is 1.46. The van der Waals surface area contributed by atoms with Gasteiger partial charge in [0.05, 0.1) is 5.52 Å². The molecule has 26 heavy (non-hydrogen) atoms. The minimum Gasteiger partial charge on any atom is -0.490 e. The molecule has 0 unspecified atom stereocenters. The zero-order valence-electron chi connectivity index (χ0n) is 14.7. The molecule has 1 fully saturated rings. The second kappa shape index (κ2) is 6.57. The third-order valence-electron chi connectivity index (χ3n) is 5.21. The van der Waals surface area contributed by atoms with Crippen LogP contribution in [0.25, 0.3) is 33.1 Å². The van der Waals surface area contributed by atoms with Crippen LogP contribution in [0.15, 0.2) is 42.5 Å². The monoisotopic (exact) mass is 346 g/mol. The largest absolute Gasteiger partial charge is 0.490 e. The first kappa shape index (κ1) is 15.6. The molecule has 3 heterocycles. The number of rotatable bonds is 4. The summed E-state index contributed by atoms with van der Waals surface area (Å²) in [6, 6.07) is 14.2. The molecule has 4 aromatic rings. The zero-order valence-corrected chi connectivity index (χ0v) is 14.7. The van der Waals surface area contributed by atoms with Crippen molar-refractivity contribution < 1.29 is 4.74 Å². The molecule has 0 aliphatic carbocycles. The molecule has 0 amide bonds. The highest BCUT2D eigenvalue weighted by Gasteiger charge is 2.13. The lowest BCUT2D eigenvalue weighted by atomic mass is 10.1. The molecule has 2 aromatic heterocycles. The molecule has 0 saturated carbocycles. The van der Waals surface area contributed by atoms with Crippen LogP contribution < -0.4 is 4.74 Å². The zero-order chi connectivity index (χ0) is 17.3. The topological polar surface area (TPSA) is 54.0 Å². The number of hydrogen-bond acceptors (Lipinski definition) is 4. The first-order valence-electron chi connectivity index (χ1n) is 9.41. The van der Waals surface area contributed by atoms with Gasteiger partial charge < -0.3 is 9.72 Å². The van der Waals surface area contributed by atoms with Crippen LogP contribution in [0, 0.1) is 0 Å².